The molecular weight excluding hydrogens is 236 g/mol. The average Bonchev–Trinajstić information content (AvgIpc) is 2.93. The van der Waals surface area contributed by atoms with E-state index in [9.17, 15) is 4.79 Å². The molecule has 1 amide bonds. The van der Waals surface area contributed by atoms with Crippen LogP contribution in [0.5, 0.6) is 11.5 Å². The number of hydrogen-bond acceptors (Lipinski definition) is 5. The number of aromatic nitrogens is 1. The van der Waals surface area contributed by atoms with E-state index in [1.54, 1.807) is 25.3 Å². The lowest BCUT2D eigenvalue weighted by molar-refractivity contribution is 0.102. The van der Waals surface area contributed by atoms with Crippen molar-refractivity contribution >= 4 is 11.6 Å². The Balaban J connectivity index is 2.21. The van der Waals surface area contributed by atoms with E-state index in [0.717, 1.165) is 0 Å². The molecule has 0 fully saturated rings. The molecular formula is C12H12N2O4. The standard InChI is InChI=1S/C12H12N2O4/c1-16-9-3-4-10(11(5-9)17-2)14-12(15)8-6-13-18-7-8/h3-7H,1-2H3,(H,14,15). The lowest BCUT2D eigenvalue weighted by Gasteiger charge is -2.10. The van der Waals surface area contributed by atoms with E-state index in [2.05, 4.69) is 15.0 Å². The van der Waals surface area contributed by atoms with E-state index in [0.29, 0.717) is 22.7 Å². The van der Waals surface area contributed by atoms with Crippen LogP contribution in [0, 0.1) is 0 Å². The minimum Gasteiger partial charge on any atom is -0.497 e. The van der Waals surface area contributed by atoms with Gasteiger partial charge in [0.25, 0.3) is 5.91 Å². The van der Waals surface area contributed by atoms with E-state index < -0.39 is 0 Å². The highest BCUT2D eigenvalue weighted by molar-refractivity contribution is 6.04. The molecule has 0 saturated heterocycles. The summed E-state index contributed by atoms with van der Waals surface area (Å²) in [4.78, 5) is 11.8. The maximum absolute atomic E-state index is 11.8. The highest BCUT2D eigenvalue weighted by atomic mass is 16.5. The van der Waals surface area contributed by atoms with Crippen LogP contribution in [0.2, 0.25) is 0 Å². The zero-order valence-corrected chi connectivity index (χ0v) is 9.97. The van der Waals surface area contributed by atoms with Crippen LogP contribution in [0.15, 0.2) is 35.2 Å². The van der Waals surface area contributed by atoms with Crippen LogP contribution < -0.4 is 14.8 Å². The fraction of sp³-hybridized carbons (Fsp3) is 0.167. The van der Waals surface area contributed by atoms with Crippen LogP contribution in [-0.4, -0.2) is 25.3 Å². The summed E-state index contributed by atoms with van der Waals surface area (Å²) in [5.41, 5.74) is 0.886. The van der Waals surface area contributed by atoms with Crippen LogP contribution in [-0.2, 0) is 0 Å². The number of nitrogens with one attached hydrogen (secondary N) is 1. The number of benzene rings is 1. The van der Waals surface area contributed by atoms with Crippen molar-refractivity contribution in [2.45, 2.75) is 0 Å². The first-order valence-corrected chi connectivity index (χ1v) is 5.17. The second kappa shape index (κ2) is 5.22. The zero-order chi connectivity index (χ0) is 13.0. The number of rotatable bonds is 4. The van der Waals surface area contributed by atoms with Crippen molar-refractivity contribution in [1.82, 2.24) is 5.16 Å². The molecule has 0 aliphatic carbocycles. The van der Waals surface area contributed by atoms with Gasteiger partial charge in [0, 0.05) is 6.07 Å². The van der Waals surface area contributed by atoms with Crippen LogP contribution in [0.25, 0.3) is 0 Å². The summed E-state index contributed by atoms with van der Waals surface area (Å²) in [5.74, 6) is 0.841. The van der Waals surface area contributed by atoms with Crippen molar-refractivity contribution in [3.63, 3.8) is 0 Å². The molecule has 0 saturated carbocycles. The summed E-state index contributed by atoms with van der Waals surface area (Å²) >= 11 is 0. The predicted molar refractivity (Wildman–Crippen MR) is 64.0 cm³/mol. The number of nitrogens with zero attached hydrogens (tertiary/aromatic N) is 1. The highest BCUT2D eigenvalue weighted by Gasteiger charge is 2.12. The first-order valence-electron chi connectivity index (χ1n) is 5.17. The first-order chi connectivity index (χ1) is 8.74. The fourth-order valence-corrected chi connectivity index (χ4v) is 1.41. The topological polar surface area (TPSA) is 73.6 Å². The Morgan fingerprint density at radius 3 is 2.78 bits per heavy atom. The Labute approximate surface area is 103 Å². The molecule has 1 N–H and O–H groups in total. The van der Waals surface area contributed by atoms with E-state index in [-0.39, 0.29) is 5.91 Å². The largest absolute Gasteiger partial charge is 0.497 e. The normalized spacial score (nSPS) is 9.89. The third-order valence-electron chi connectivity index (χ3n) is 2.35. The summed E-state index contributed by atoms with van der Waals surface area (Å²) in [6.45, 7) is 0. The smallest absolute Gasteiger partial charge is 0.260 e. The molecule has 2 rings (SSSR count). The molecule has 18 heavy (non-hydrogen) atoms. The van der Waals surface area contributed by atoms with Crippen LogP contribution >= 0.6 is 0 Å². The first kappa shape index (κ1) is 12.0. The summed E-state index contributed by atoms with van der Waals surface area (Å²) in [5, 5.41) is 6.16. The van der Waals surface area contributed by atoms with E-state index >= 15 is 0 Å². The van der Waals surface area contributed by atoms with Crippen LogP contribution in [0.3, 0.4) is 0 Å². The molecule has 0 unspecified atom stereocenters. The minimum atomic E-state index is -0.320. The molecule has 0 aliphatic heterocycles. The molecule has 2 aromatic rings. The average molecular weight is 248 g/mol. The van der Waals surface area contributed by atoms with E-state index in [1.807, 2.05) is 0 Å². The van der Waals surface area contributed by atoms with Gasteiger partial charge in [0.15, 0.2) is 0 Å². The number of methoxy groups -OCH3 is 2. The van der Waals surface area contributed by atoms with Crippen molar-refractivity contribution in [2.24, 2.45) is 0 Å². The van der Waals surface area contributed by atoms with Gasteiger partial charge in [0.05, 0.1) is 31.7 Å². The lowest BCUT2D eigenvalue weighted by Crippen LogP contribution is -2.11. The summed E-state index contributed by atoms with van der Waals surface area (Å²) in [6, 6.07) is 5.11. The fourth-order valence-electron chi connectivity index (χ4n) is 1.41. The summed E-state index contributed by atoms with van der Waals surface area (Å²) in [7, 11) is 3.08. The van der Waals surface area contributed by atoms with Gasteiger partial charge in [-0.1, -0.05) is 5.16 Å². The number of hydrogen-bond donors (Lipinski definition) is 1. The molecule has 6 heteroatoms. The Kier molecular flexibility index (Phi) is 3.47. The van der Waals surface area contributed by atoms with Gasteiger partial charge < -0.3 is 19.3 Å². The van der Waals surface area contributed by atoms with Gasteiger partial charge in [-0.05, 0) is 12.1 Å². The number of carbonyl (C=O) groups excluding carboxylic acids is 1. The number of ether oxygens (including phenoxy) is 2. The maximum Gasteiger partial charge on any atom is 0.260 e. The number of anilines is 1. The van der Waals surface area contributed by atoms with Crippen LogP contribution in [0.1, 0.15) is 10.4 Å². The zero-order valence-electron chi connectivity index (χ0n) is 9.97. The highest BCUT2D eigenvalue weighted by Crippen LogP contribution is 2.29. The molecule has 6 nitrogen and oxygen atoms in total. The summed E-state index contributed by atoms with van der Waals surface area (Å²) < 4.78 is 14.8. The molecule has 0 atom stereocenters. The van der Waals surface area contributed by atoms with E-state index in [1.165, 1.54) is 19.6 Å². The predicted octanol–water partition coefficient (Wildman–Crippen LogP) is 1.94. The van der Waals surface area contributed by atoms with Gasteiger partial charge in [-0.15, -0.1) is 0 Å². The minimum absolute atomic E-state index is 0.320. The van der Waals surface area contributed by atoms with Gasteiger partial charge in [-0.25, -0.2) is 0 Å². The Morgan fingerprint density at radius 1 is 1.33 bits per heavy atom. The monoisotopic (exact) mass is 248 g/mol. The Hall–Kier alpha value is -2.50. The second-order valence-electron chi connectivity index (χ2n) is 3.43. The lowest BCUT2D eigenvalue weighted by atomic mass is 10.2. The second-order valence-corrected chi connectivity index (χ2v) is 3.43. The molecule has 0 aliphatic rings. The number of amides is 1. The molecule has 94 valence electrons. The quantitative estimate of drug-likeness (QED) is 0.895. The van der Waals surface area contributed by atoms with Gasteiger partial charge >= 0.3 is 0 Å². The van der Waals surface area contributed by atoms with Gasteiger partial charge in [0.2, 0.25) is 0 Å². The molecule has 0 bridgehead atoms. The number of carbonyl (C=O) groups is 1. The Bertz CT molecular complexity index is 537. The van der Waals surface area contributed by atoms with Gasteiger partial charge in [0.1, 0.15) is 17.8 Å². The molecule has 1 aromatic heterocycles. The molecule has 1 heterocycles. The van der Waals surface area contributed by atoms with Gasteiger partial charge in [-0.2, -0.15) is 0 Å². The van der Waals surface area contributed by atoms with Crippen molar-refractivity contribution in [2.75, 3.05) is 19.5 Å². The molecule has 1 aromatic carbocycles. The van der Waals surface area contributed by atoms with Crippen molar-refractivity contribution < 1.29 is 18.8 Å². The van der Waals surface area contributed by atoms with E-state index in [4.69, 9.17) is 9.47 Å². The van der Waals surface area contributed by atoms with Crippen molar-refractivity contribution in [1.29, 1.82) is 0 Å². The van der Waals surface area contributed by atoms with Crippen LogP contribution in [0.4, 0.5) is 5.69 Å². The third-order valence-corrected chi connectivity index (χ3v) is 2.35. The maximum atomic E-state index is 11.8. The third kappa shape index (κ3) is 2.42. The van der Waals surface area contributed by atoms with Crippen molar-refractivity contribution in [3.05, 3.63) is 36.2 Å². The SMILES string of the molecule is COc1ccc(NC(=O)c2cnoc2)c(OC)c1. The molecule has 0 radical (unpaired) electrons. The summed E-state index contributed by atoms with van der Waals surface area (Å²) in [6.07, 6.45) is 2.61. The van der Waals surface area contributed by atoms with Crippen molar-refractivity contribution in [3.8, 4) is 11.5 Å². The Morgan fingerprint density at radius 2 is 2.17 bits per heavy atom. The molecule has 0 spiro atoms. The van der Waals surface area contributed by atoms with Gasteiger partial charge in [-0.3, -0.25) is 4.79 Å².